The smallest absolute Gasteiger partial charge is 0.228 e. The molecule has 19 heavy (non-hydrogen) atoms. The van der Waals surface area contributed by atoms with Gasteiger partial charge < -0.3 is 15.6 Å². The van der Waals surface area contributed by atoms with Crippen molar-refractivity contribution < 1.29 is 4.79 Å². The van der Waals surface area contributed by atoms with Gasteiger partial charge in [-0.2, -0.15) is 0 Å². The molecule has 0 unspecified atom stereocenters. The van der Waals surface area contributed by atoms with Crippen molar-refractivity contribution in [2.75, 3.05) is 5.32 Å². The summed E-state index contributed by atoms with van der Waals surface area (Å²) in [5, 5.41) is 2.83. The maximum absolute atomic E-state index is 11.4. The molecule has 98 valence electrons. The molecule has 1 amide bonds. The van der Waals surface area contributed by atoms with Crippen molar-refractivity contribution in [1.82, 2.24) is 9.55 Å². The van der Waals surface area contributed by atoms with Crippen LogP contribution in [0.2, 0.25) is 0 Å². The Kier molecular flexibility index (Phi) is 2.91. The van der Waals surface area contributed by atoms with E-state index < -0.39 is 0 Å². The highest BCUT2D eigenvalue weighted by Gasteiger charge is 2.20. The molecular weight excluding hydrogens is 308 g/mol. The first kappa shape index (κ1) is 12.4. The van der Waals surface area contributed by atoms with Crippen molar-refractivity contribution in [3.63, 3.8) is 0 Å². The number of hydrogen-bond donors (Lipinski definition) is 2. The number of hydrogen-bond acceptors (Lipinski definition) is 3. The fraction of sp³-hybridized carbons (Fsp3) is 0.231. The first-order valence-electron chi connectivity index (χ1n) is 5.94. The van der Waals surface area contributed by atoms with Crippen LogP contribution in [-0.4, -0.2) is 15.5 Å². The molecule has 5 nitrogen and oxygen atoms in total. The lowest BCUT2D eigenvalue weighted by Crippen LogP contribution is -2.05. The van der Waals surface area contributed by atoms with E-state index >= 15 is 0 Å². The Morgan fingerprint density at radius 2 is 2.32 bits per heavy atom. The van der Waals surface area contributed by atoms with E-state index in [4.69, 9.17) is 5.73 Å². The minimum atomic E-state index is 0.0406. The van der Waals surface area contributed by atoms with E-state index in [1.54, 1.807) is 0 Å². The number of halogens is 1. The lowest BCUT2D eigenvalue weighted by atomic mass is 10.1. The van der Waals surface area contributed by atoms with Gasteiger partial charge in [0.1, 0.15) is 10.4 Å². The number of rotatable bonds is 2. The summed E-state index contributed by atoms with van der Waals surface area (Å²) in [6.07, 6.45) is 0.433. The van der Waals surface area contributed by atoms with Crippen LogP contribution < -0.4 is 11.1 Å². The van der Waals surface area contributed by atoms with Gasteiger partial charge in [0.15, 0.2) is 0 Å². The van der Waals surface area contributed by atoms with E-state index in [2.05, 4.69) is 26.2 Å². The highest BCUT2D eigenvalue weighted by molar-refractivity contribution is 9.10. The van der Waals surface area contributed by atoms with E-state index in [0.717, 1.165) is 32.9 Å². The molecule has 6 heteroatoms. The second-order valence-electron chi connectivity index (χ2n) is 4.53. The maximum Gasteiger partial charge on any atom is 0.228 e. The molecule has 0 fully saturated rings. The molecule has 2 heterocycles. The van der Waals surface area contributed by atoms with Gasteiger partial charge in [0.05, 0.1) is 18.7 Å². The summed E-state index contributed by atoms with van der Waals surface area (Å²) in [6.45, 7) is 0.389. The van der Waals surface area contributed by atoms with Crippen molar-refractivity contribution in [2.45, 2.75) is 13.0 Å². The second kappa shape index (κ2) is 4.47. The number of nitrogens with zero attached hydrogens (tertiary/aromatic N) is 2. The van der Waals surface area contributed by atoms with E-state index in [0.29, 0.717) is 13.0 Å². The number of anilines is 1. The lowest BCUT2D eigenvalue weighted by Gasteiger charge is -2.07. The largest absolute Gasteiger partial charge is 0.329 e. The molecule has 1 aromatic carbocycles. The van der Waals surface area contributed by atoms with Gasteiger partial charge in [0.25, 0.3) is 0 Å². The predicted octanol–water partition coefficient (Wildman–Crippen LogP) is 1.80. The van der Waals surface area contributed by atoms with Gasteiger partial charge in [-0.05, 0) is 33.6 Å². The Morgan fingerprint density at radius 3 is 3.00 bits per heavy atom. The highest BCUT2D eigenvalue weighted by Crippen LogP contribution is 2.33. The Hall–Kier alpha value is -1.66. The fourth-order valence-electron chi connectivity index (χ4n) is 2.38. The molecule has 1 aromatic heterocycles. The zero-order valence-electron chi connectivity index (χ0n) is 10.4. The number of carbonyl (C=O) groups is 1. The van der Waals surface area contributed by atoms with Crippen LogP contribution in [0.4, 0.5) is 5.69 Å². The van der Waals surface area contributed by atoms with Gasteiger partial charge in [0.2, 0.25) is 5.91 Å². The zero-order valence-corrected chi connectivity index (χ0v) is 12.0. The molecule has 0 spiro atoms. The van der Waals surface area contributed by atoms with Crippen molar-refractivity contribution >= 4 is 27.5 Å². The molecule has 1 aliphatic rings. The molecular formula is C13H13BrN4O. The summed E-state index contributed by atoms with van der Waals surface area (Å²) in [5.74, 6) is 0.857. The van der Waals surface area contributed by atoms with Crippen molar-refractivity contribution in [3.8, 4) is 11.3 Å². The van der Waals surface area contributed by atoms with Gasteiger partial charge in [-0.15, -0.1) is 0 Å². The molecule has 0 saturated heterocycles. The SMILES string of the molecule is Cn1c(CN)nc(Br)c1-c1ccc2c(c1)CC(=O)N2. The summed E-state index contributed by atoms with van der Waals surface area (Å²) in [6, 6.07) is 5.93. The summed E-state index contributed by atoms with van der Waals surface area (Å²) < 4.78 is 2.74. The molecule has 1 aliphatic heterocycles. The molecule has 0 aliphatic carbocycles. The topological polar surface area (TPSA) is 72.9 Å². The predicted molar refractivity (Wildman–Crippen MR) is 76.6 cm³/mol. The van der Waals surface area contributed by atoms with Crippen LogP contribution >= 0.6 is 15.9 Å². The van der Waals surface area contributed by atoms with Gasteiger partial charge in [-0.25, -0.2) is 4.98 Å². The first-order valence-corrected chi connectivity index (χ1v) is 6.73. The maximum atomic E-state index is 11.4. The van der Waals surface area contributed by atoms with Crippen LogP contribution in [0.15, 0.2) is 22.8 Å². The second-order valence-corrected chi connectivity index (χ2v) is 5.28. The normalized spacial score (nSPS) is 13.5. The van der Waals surface area contributed by atoms with Crippen LogP contribution in [0, 0.1) is 0 Å². The number of amides is 1. The number of nitrogens with one attached hydrogen (secondary N) is 1. The number of fused-ring (bicyclic) bond motifs is 1. The van der Waals surface area contributed by atoms with Gasteiger partial charge in [0, 0.05) is 18.3 Å². The monoisotopic (exact) mass is 320 g/mol. The Balaban J connectivity index is 2.11. The molecule has 3 rings (SSSR count). The highest BCUT2D eigenvalue weighted by atomic mass is 79.9. The van der Waals surface area contributed by atoms with Crippen molar-refractivity contribution in [3.05, 3.63) is 34.2 Å². The van der Waals surface area contributed by atoms with Gasteiger partial charge in [-0.1, -0.05) is 6.07 Å². The minimum absolute atomic E-state index is 0.0406. The molecule has 0 saturated carbocycles. The van der Waals surface area contributed by atoms with Crippen LogP contribution in [0.25, 0.3) is 11.3 Å². The number of aromatic nitrogens is 2. The quantitative estimate of drug-likeness (QED) is 0.886. The fourth-order valence-corrected chi connectivity index (χ4v) is 3.08. The Morgan fingerprint density at radius 1 is 1.53 bits per heavy atom. The van der Waals surface area contributed by atoms with Gasteiger partial charge in [-0.3, -0.25) is 4.79 Å². The summed E-state index contributed by atoms with van der Waals surface area (Å²) in [5.41, 5.74) is 9.57. The van der Waals surface area contributed by atoms with E-state index in [-0.39, 0.29) is 5.91 Å². The molecule has 2 aromatic rings. The number of nitrogens with two attached hydrogens (primary N) is 1. The average molecular weight is 321 g/mol. The zero-order chi connectivity index (χ0) is 13.6. The summed E-state index contributed by atoms with van der Waals surface area (Å²) in [7, 11) is 1.94. The van der Waals surface area contributed by atoms with Crippen LogP contribution in [0.5, 0.6) is 0 Å². The van der Waals surface area contributed by atoms with Crippen LogP contribution in [0.3, 0.4) is 0 Å². The molecule has 0 bridgehead atoms. The number of benzene rings is 1. The average Bonchev–Trinajstić information content (AvgIpc) is 2.87. The molecule has 0 atom stereocenters. The number of imidazole rings is 1. The first-order chi connectivity index (χ1) is 9.10. The van der Waals surface area contributed by atoms with Crippen molar-refractivity contribution in [1.29, 1.82) is 0 Å². The van der Waals surface area contributed by atoms with E-state index in [1.807, 2.05) is 29.8 Å². The van der Waals surface area contributed by atoms with E-state index in [9.17, 15) is 4.79 Å². The Labute approximate surface area is 119 Å². The summed E-state index contributed by atoms with van der Waals surface area (Å²) >= 11 is 3.47. The standard InChI is InChI=1S/C13H13BrN4O/c1-18-10(6-15)17-13(14)12(18)7-2-3-9-8(4-7)5-11(19)16-9/h2-4H,5-6,15H2,1H3,(H,16,19). The van der Waals surface area contributed by atoms with Crippen LogP contribution in [-0.2, 0) is 24.8 Å². The third-order valence-corrected chi connectivity index (χ3v) is 3.88. The number of carbonyl (C=O) groups excluding carboxylic acids is 1. The summed E-state index contributed by atoms with van der Waals surface area (Å²) in [4.78, 5) is 15.8. The third-order valence-electron chi connectivity index (χ3n) is 3.33. The minimum Gasteiger partial charge on any atom is -0.329 e. The Bertz CT molecular complexity index is 678. The molecule has 3 N–H and O–H groups in total. The lowest BCUT2D eigenvalue weighted by molar-refractivity contribution is -0.115. The van der Waals surface area contributed by atoms with Crippen molar-refractivity contribution in [2.24, 2.45) is 12.8 Å². The van der Waals surface area contributed by atoms with E-state index in [1.165, 1.54) is 0 Å². The van der Waals surface area contributed by atoms with Crippen LogP contribution in [0.1, 0.15) is 11.4 Å². The molecule has 0 radical (unpaired) electrons. The van der Waals surface area contributed by atoms with Gasteiger partial charge >= 0.3 is 0 Å². The third kappa shape index (κ3) is 1.97.